The number of halogens is 3. The number of amides is 1. The molecule has 4 heterocycles. The van der Waals surface area contributed by atoms with Gasteiger partial charge < -0.3 is 25.1 Å². The second kappa shape index (κ2) is 10.2. The summed E-state index contributed by atoms with van der Waals surface area (Å²) in [5, 5.41) is 6.24. The minimum atomic E-state index is -4.62. The number of carbonyl (C=O) groups is 1. The number of fused-ring (bicyclic) bond motifs is 1. The van der Waals surface area contributed by atoms with Gasteiger partial charge in [0.2, 0.25) is 5.89 Å². The number of oxazole rings is 1. The van der Waals surface area contributed by atoms with Crippen LogP contribution in [0.4, 0.5) is 18.3 Å². The molecule has 0 spiro atoms. The zero-order chi connectivity index (χ0) is 27.0. The predicted octanol–water partition coefficient (Wildman–Crippen LogP) is 4.79. The Morgan fingerprint density at radius 1 is 1.24 bits per heavy atom. The van der Waals surface area contributed by atoms with Crippen molar-refractivity contribution in [1.82, 2.24) is 20.3 Å². The molecule has 0 aliphatic carbocycles. The summed E-state index contributed by atoms with van der Waals surface area (Å²) in [5.41, 5.74) is 5.44. The highest BCUT2D eigenvalue weighted by Crippen LogP contribution is 2.37. The van der Waals surface area contributed by atoms with Crippen molar-refractivity contribution in [2.45, 2.75) is 38.0 Å². The normalized spacial score (nSPS) is 15.6. The van der Waals surface area contributed by atoms with E-state index < -0.39 is 23.8 Å². The van der Waals surface area contributed by atoms with Crippen molar-refractivity contribution in [3.63, 3.8) is 0 Å². The molecule has 3 N–H and O–H groups in total. The predicted molar refractivity (Wildman–Crippen MR) is 136 cm³/mol. The van der Waals surface area contributed by atoms with Gasteiger partial charge >= 0.3 is 6.18 Å². The summed E-state index contributed by atoms with van der Waals surface area (Å²) in [6.45, 7) is 3.18. The van der Waals surface area contributed by atoms with Crippen molar-refractivity contribution in [1.29, 1.82) is 0 Å². The number of nitrogens with two attached hydrogens (primary N) is 1. The molecule has 38 heavy (non-hydrogen) atoms. The lowest BCUT2D eigenvalue weighted by Gasteiger charge is -2.32. The molecule has 5 rings (SSSR count). The first-order chi connectivity index (χ1) is 18.2. The fraction of sp³-hybridized carbons (Fsp3) is 0.360. The zero-order valence-corrected chi connectivity index (χ0v) is 21.4. The first-order valence-electron chi connectivity index (χ1n) is 11.9. The fourth-order valence-corrected chi connectivity index (χ4v) is 5.16. The van der Waals surface area contributed by atoms with Crippen molar-refractivity contribution >= 4 is 33.3 Å². The van der Waals surface area contributed by atoms with E-state index in [1.165, 1.54) is 19.2 Å². The number of rotatable bonds is 6. The number of methoxy groups -OCH3 is 1. The summed E-state index contributed by atoms with van der Waals surface area (Å²) in [5.74, 6) is -0.0250. The highest BCUT2D eigenvalue weighted by atomic mass is 32.1. The Hall–Kier alpha value is -3.71. The van der Waals surface area contributed by atoms with Crippen LogP contribution in [0.2, 0.25) is 0 Å². The minimum Gasteiger partial charge on any atom is -0.494 e. The lowest BCUT2D eigenvalue weighted by molar-refractivity contribution is -0.140. The Balaban J connectivity index is 1.43. The Kier molecular flexibility index (Phi) is 6.97. The molecular formula is C25H25F3N6O3S. The van der Waals surface area contributed by atoms with Crippen LogP contribution in [0.5, 0.6) is 5.75 Å². The number of alkyl halides is 3. The Morgan fingerprint density at radius 3 is 2.63 bits per heavy atom. The fourth-order valence-electron chi connectivity index (χ4n) is 4.46. The van der Waals surface area contributed by atoms with Gasteiger partial charge in [0.05, 0.1) is 13.2 Å². The molecule has 1 saturated heterocycles. The summed E-state index contributed by atoms with van der Waals surface area (Å²) < 4.78 is 51.0. The van der Waals surface area contributed by atoms with Crippen LogP contribution in [-0.2, 0) is 6.18 Å². The lowest BCUT2D eigenvalue weighted by atomic mass is 10.0. The van der Waals surface area contributed by atoms with Gasteiger partial charge in [0.15, 0.2) is 16.6 Å². The average Bonchev–Trinajstić information content (AvgIpc) is 3.58. The molecule has 1 atom stereocenters. The van der Waals surface area contributed by atoms with Crippen molar-refractivity contribution in [2.24, 2.45) is 5.73 Å². The van der Waals surface area contributed by atoms with E-state index in [4.69, 9.17) is 14.9 Å². The quantitative estimate of drug-likeness (QED) is 0.354. The maximum Gasteiger partial charge on any atom is 0.433 e. The molecule has 13 heteroatoms. The number of hydrogen-bond donors (Lipinski definition) is 2. The Bertz CT molecular complexity index is 1450. The number of aromatic nitrogens is 3. The molecule has 1 aliphatic heterocycles. The lowest BCUT2D eigenvalue weighted by Crippen LogP contribution is -2.45. The maximum atomic E-state index is 13.3. The standard InChI is InChI=1S/C25H25F3N6O3S/c1-13(29)21-20(22(35)31-14-7-10-34(11-8-14)24-30-9-12-38-24)33-23(37-21)16-3-5-17(36-2)19-15(16)4-6-18(32-19)25(26,27)28/h3-6,9,12-14H,7-8,10-11,29H2,1-2H3,(H,31,35). The van der Waals surface area contributed by atoms with E-state index in [1.54, 1.807) is 30.5 Å². The molecule has 1 fully saturated rings. The molecule has 0 radical (unpaired) electrons. The van der Waals surface area contributed by atoms with Crippen LogP contribution in [0.15, 0.2) is 40.3 Å². The van der Waals surface area contributed by atoms with E-state index >= 15 is 0 Å². The number of ether oxygens (including phenoxy) is 1. The van der Waals surface area contributed by atoms with Gasteiger partial charge in [-0.3, -0.25) is 4.79 Å². The van der Waals surface area contributed by atoms with Crippen LogP contribution in [0.1, 0.15) is 47.7 Å². The second-order valence-corrected chi connectivity index (χ2v) is 9.85. The highest BCUT2D eigenvalue weighted by molar-refractivity contribution is 7.13. The zero-order valence-electron chi connectivity index (χ0n) is 20.6. The van der Waals surface area contributed by atoms with Gasteiger partial charge in [-0.25, -0.2) is 15.0 Å². The molecule has 0 bridgehead atoms. The third-order valence-corrected chi connectivity index (χ3v) is 7.20. The van der Waals surface area contributed by atoms with Gasteiger partial charge in [0, 0.05) is 41.7 Å². The number of nitrogens with zero attached hydrogens (tertiary/aromatic N) is 4. The molecule has 1 unspecified atom stereocenters. The van der Waals surface area contributed by atoms with Gasteiger partial charge in [0.25, 0.3) is 5.91 Å². The third-order valence-electron chi connectivity index (χ3n) is 6.36. The molecule has 1 aromatic carbocycles. The first-order valence-corrected chi connectivity index (χ1v) is 12.8. The smallest absolute Gasteiger partial charge is 0.433 e. The molecule has 3 aromatic heterocycles. The van der Waals surface area contributed by atoms with Gasteiger partial charge in [-0.15, -0.1) is 11.3 Å². The van der Waals surface area contributed by atoms with Crippen LogP contribution in [0.25, 0.3) is 22.4 Å². The summed E-state index contributed by atoms with van der Waals surface area (Å²) in [4.78, 5) is 28.0. The molecule has 200 valence electrons. The van der Waals surface area contributed by atoms with E-state index in [2.05, 4.69) is 25.2 Å². The van der Waals surface area contributed by atoms with Crippen molar-refractivity contribution < 1.29 is 27.1 Å². The topological polar surface area (TPSA) is 119 Å². The average molecular weight is 547 g/mol. The number of pyridine rings is 1. The first kappa shape index (κ1) is 25.9. The van der Waals surface area contributed by atoms with E-state index in [0.29, 0.717) is 10.9 Å². The number of piperidine rings is 1. The number of benzene rings is 1. The van der Waals surface area contributed by atoms with E-state index in [1.807, 2.05) is 5.38 Å². The Morgan fingerprint density at radius 2 is 2.00 bits per heavy atom. The van der Waals surface area contributed by atoms with Crippen molar-refractivity contribution in [3.05, 3.63) is 53.0 Å². The SMILES string of the molecule is COc1ccc(-c2nc(C(=O)NC3CCN(c4nccs4)CC3)c(C(C)N)o2)c2ccc(C(F)(F)F)nc12. The second-order valence-electron chi connectivity index (χ2n) is 8.98. The van der Waals surface area contributed by atoms with Crippen LogP contribution in [0.3, 0.4) is 0 Å². The van der Waals surface area contributed by atoms with E-state index in [-0.39, 0.29) is 34.7 Å². The number of carbonyl (C=O) groups excluding carboxylic acids is 1. The summed E-state index contributed by atoms with van der Waals surface area (Å²) >= 11 is 1.58. The monoisotopic (exact) mass is 546 g/mol. The number of anilines is 1. The van der Waals surface area contributed by atoms with E-state index in [9.17, 15) is 18.0 Å². The van der Waals surface area contributed by atoms with E-state index in [0.717, 1.165) is 37.1 Å². The largest absolute Gasteiger partial charge is 0.494 e. The maximum absolute atomic E-state index is 13.3. The Labute approximate surface area is 219 Å². The van der Waals surface area contributed by atoms with Crippen LogP contribution < -0.4 is 20.7 Å². The highest BCUT2D eigenvalue weighted by Gasteiger charge is 2.33. The number of thiazole rings is 1. The molecule has 1 amide bonds. The third kappa shape index (κ3) is 5.03. The molecule has 9 nitrogen and oxygen atoms in total. The van der Waals surface area contributed by atoms with Gasteiger partial charge in [-0.2, -0.15) is 13.2 Å². The molecular weight excluding hydrogens is 521 g/mol. The minimum absolute atomic E-state index is 0.00152. The number of nitrogens with one attached hydrogen (secondary N) is 1. The van der Waals surface area contributed by atoms with Crippen LogP contribution in [-0.4, -0.2) is 47.1 Å². The summed E-state index contributed by atoms with van der Waals surface area (Å²) in [7, 11) is 1.35. The van der Waals surface area contributed by atoms with Crippen LogP contribution >= 0.6 is 11.3 Å². The van der Waals surface area contributed by atoms with Gasteiger partial charge in [0.1, 0.15) is 17.0 Å². The molecule has 1 aliphatic rings. The summed E-state index contributed by atoms with van der Waals surface area (Å²) in [6, 6.07) is 4.54. The summed E-state index contributed by atoms with van der Waals surface area (Å²) in [6.07, 6.45) is -1.38. The number of hydrogen-bond acceptors (Lipinski definition) is 9. The van der Waals surface area contributed by atoms with Gasteiger partial charge in [-0.05, 0) is 44.0 Å². The molecule has 4 aromatic rings. The van der Waals surface area contributed by atoms with Crippen molar-refractivity contribution in [2.75, 3.05) is 25.1 Å². The van der Waals surface area contributed by atoms with Crippen molar-refractivity contribution in [3.8, 4) is 17.2 Å². The van der Waals surface area contributed by atoms with Gasteiger partial charge in [-0.1, -0.05) is 0 Å². The van der Waals surface area contributed by atoms with Crippen LogP contribution in [0, 0.1) is 0 Å². The molecule has 0 saturated carbocycles.